The number of hydrogen-bond acceptors (Lipinski definition) is 4. The van der Waals surface area contributed by atoms with E-state index in [9.17, 15) is 9.59 Å². The molecule has 2 N–H and O–H groups in total. The molecule has 20 heavy (non-hydrogen) atoms. The predicted molar refractivity (Wildman–Crippen MR) is 75.6 cm³/mol. The molecule has 2 rings (SSSR count). The Kier molecular flexibility index (Phi) is 4.32. The van der Waals surface area contributed by atoms with Gasteiger partial charge in [-0.3, -0.25) is 4.79 Å². The van der Waals surface area contributed by atoms with Crippen molar-refractivity contribution < 1.29 is 19.2 Å². The quantitative estimate of drug-likeness (QED) is 0.793. The Balaban J connectivity index is 2.23. The van der Waals surface area contributed by atoms with Crippen molar-refractivity contribution in [1.29, 1.82) is 0 Å². The average molecular weight is 380 g/mol. The van der Waals surface area contributed by atoms with Gasteiger partial charge in [0.1, 0.15) is 0 Å². The molecule has 0 aliphatic rings. The normalized spacial score (nSPS) is 10.3. The minimum absolute atomic E-state index is 0.149. The number of carbonyl (C=O) groups excluding carboxylic acids is 1. The summed E-state index contributed by atoms with van der Waals surface area (Å²) < 4.78 is 5.06. The standard InChI is InChI=1S/C11H5BrCl2N2O4/c12-4-1-2-5(9(14)8(4)13)15-10(17)6-3-7(11(18)19)20-16-6/h1-3H,(H,15,17)(H,18,19). The number of aromatic carboxylic acids is 1. The van der Waals surface area contributed by atoms with E-state index >= 15 is 0 Å². The molecule has 1 heterocycles. The van der Waals surface area contributed by atoms with Crippen LogP contribution in [-0.4, -0.2) is 22.1 Å². The van der Waals surface area contributed by atoms with Crippen molar-refractivity contribution in [3.63, 3.8) is 0 Å². The summed E-state index contributed by atoms with van der Waals surface area (Å²) >= 11 is 15.1. The number of hydrogen-bond donors (Lipinski definition) is 2. The largest absolute Gasteiger partial charge is 0.475 e. The molecule has 0 saturated carbocycles. The lowest BCUT2D eigenvalue weighted by atomic mass is 10.3. The highest BCUT2D eigenvalue weighted by atomic mass is 79.9. The highest BCUT2D eigenvalue weighted by Gasteiger charge is 2.18. The zero-order valence-electron chi connectivity index (χ0n) is 9.49. The highest BCUT2D eigenvalue weighted by Crippen LogP contribution is 2.35. The molecular formula is C11H5BrCl2N2O4. The summed E-state index contributed by atoms with van der Waals surface area (Å²) in [5.74, 6) is -2.42. The summed E-state index contributed by atoms with van der Waals surface area (Å²) in [6.07, 6.45) is 0. The third-order valence-corrected chi connectivity index (χ3v) is 4.01. The van der Waals surface area contributed by atoms with Gasteiger partial charge >= 0.3 is 5.97 Å². The summed E-state index contributed by atoms with van der Waals surface area (Å²) in [4.78, 5) is 22.5. The lowest BCUT2D eigenvalue weighted by Gasteiger charge is -2.07. The molecule has 104 valence electrons. The van der Waals surface area contributed by atoms with Gasteiger partial charge < -0.3 is 14.9 Å². The fourth-order valence-electron chi connectivity index (χ4n) is 1.29. The fourth-order valence-corrected chi connectivity index (χ4v) is 2.11. The van der Waals surface area contributed by atoms with Crippen molar-refractivity contribution in [2.24, 2.45) is 0 Å². The molecule has 0 fully saturated rings. The first-order valence-corrected chi connectivity index (χ1v) is 6.60. The molecule has 0 saturated heterocycles. The summed E-state index contributed by atoms with van der Waals surface area (Å²) in [6.45, 7) is 0. The topological polar surface area (TPSA) is 92.4 Å². The number of anilines is 1. The number of benzene rings is 1. The van der Waals surface area contributed by atoms with E-state index in [4.69, 9.17) is 28.3 Å². The van der Waals surface area contributed by atoms with Crippen LogP contribution in [0.1, 0.15) is 21.0 Å². The molecule has 0 unspecified atom stereocenters. The van der Waals surface area contributed by atoms with Gasteiger partial charge in [-0.15, -0.1) is 0 Å². The van der Waals surface area contributed by atoms with Gasteiger partial charge in [0.25, 0.3) is 5.91 Å². The number of rotatable bonds is 3. The molecule has 0 bridgehead atoms. The van der Waals surface area contributed by atoms with Crippen molar-refractivity contribution in [1.82, 2.24) is 5.16 Å². The molecule has 2 aromatic rings. The molecule has 1 amide bonds. The second kappa shape index (κ2) is 5.82. The third kappa shape index (κ3) is 2.95. The number of nitrogens with one attached hydrogen (secondary N) is 1. The van der Waals surface area contributed by atoms with E-state index in [0.29, 0.717) is 4.47 Å². The molecule has 1 aromatic carbocycles. The van der Waals surface area contributed by atoms with Crippen LogP contribution in [0.15, 0.2) is 27.2 Å². The molecule has 1 aromatic heterocycles. The van der Waals surface area contributed by atoms with Crippen molar-refractivity contribution in [2.75, 3.05) is 5.32 Å². The highest BCUT2D eigenvalue weighted by molar-refractivity contribution is 9.10. The SMILES string of the molecule is O=C(Nc1ccc(Br)c(Cl)c1Cl)c1cc(C(=O)O)on1. The summed E-state index contributed by atoms with van der Waals surface area (Å²) in [5, 5.41) is 14.9. The molecule has 0 aliphatic carbocycles. The lowest BCUT2D eigenvalue weighted by Crippen LogP contribution is -2.12. The van der Waals surface area contributed by atoms with Crippen LogP contribution in [-0.2, 0) is 0 Å². The van der Waals surface area contributed by atoms with Crippen molar-refractivity contribution >= 4 is 56.7 Å². The van der Waals surface area contributed by atoms with Crippen LogP contribution in [0.3, 0.4) is 0 Å². The van der Waals surface area contributed by atoms with Crippen molar-refractivity contribution in [2.45, 2.75) is 0 Å². The smallest absolute Gasteiger partial charge is 0.374 e. The summed E-state index contributed by atoms with van der Waals surface area (Å²) in [7, 11) is 0. The Bertz CT molecular complexity index is 702. The van der Waals surface area contributed by atoms with E-state index in [1.54, 1.807) is 6.07 Å². The number of aromatic nitrogens is 1. The zero-order valence-corrected chi connectivity index (χ0v) is 12.6. The van der Waals surface area contributed by atoms with Crippen LogP contribution in [0, 0.1) is 0 Å². The van der Waals surface area contributed by atoms with E-state index in [2.05, 4.69) is 30.9 Å². The van der Waals surface area contributed by atoms with Crippen LogP contribution in [0.2, 0.25) is 10.0 Å². The van der Waals surface area contributed by atoms with Crippen LogP contribution in [0.5, 0.6) is 0 Å². The monoisotopic (exact) mass is 378 g/mol. The van der Waals surface area contributed by atoms with Gasteiger partial charge in [-0.1, -0.05) is 28.4 Å². The molecule has 0 radical (unpaired) electrons. The Hall–Kier alpha value is -1.57. The number of carboxylic acid groups (broad SMARTS) is 1. The molecule has 0 aliphatic heterocycles. The summed E-state index contributed by atoms with van der Waals surface area (Å²) in [6, 6.07) is 4.15. The molecule has 6 nitrogen and oxygen atoms in total. The van der Waals surface area contributed by atoms with Gasteiger partial charge in [0.05, 0.1) is 15.7 Å². The molecular weight excluding hydrogens is 375 g/mol. The van der Waals surface area contributed by atoms with Gasteiger partial charge in [0, 0.05) is 10.5 Å². The first-order chi connectivity index (χ1) is 9.40. The Labute approximate surface area is 130 Å². The predicted octanol–water partition coefficient (Wildman–Crippen LogP) is 3.69. The number of carbonyl (C=O) groups is 2. The van der Waals surface area contributed by atoms with Gasteiger partial charge in [0.15, 0.2) is 5.69 Å². The number of halogens is 3. The Morgan fingerprint density at radius 1 is 1.30 bits per heavy atom. The summed E-state index contributed by atoms with van der Waals surface area (Å²) in [5.41, 5.74) is 0.0854. The number of carboxylic acids is 1. The van der Waals surface area contributed by atoms with Gasteiger partial charge in [0.2, 0.25) is 5.76 Å². The van der Waals surface area contributed by atoms with Crippen LogP contribution in [0.25, 0.3) is 0 Å². The van der Waals surface area contributed by atoms with E-state index < -0.39 is 17.6 Å². The third-order valence-electron chi connectivity index (χ3n) is 2.24. The first kappa shape index (κ1) is 14.8. The van der Waals surface area contributed by atoms with Crippen LogP contribution >= 0.6 is 39.1 Å². The Morgan fingerprint density at radius 3 is 2.60 bits per heavy atom. The molecule has 0 spiro atoms. The fraction of sp³-hybridized carbons (Fsp3) is 0. The number of amides is 1. The maximum atomic E-state index is 11.9. The molecule has 0 atom stereocenters. The zero-order chi connectivity index (χ0) is 14.9. The van der Waals surface area contributed by atoms with Crippen LogP contribution in [0.4, 0.5) is 5.69 Å². The average Bonchev–Trinajstić information content (AvgIpc) is 2.89. The van der Waals surface area contributed by atoms with E-state index in [1.165, 1.54) is 6.07 Å². The van der Waals surface area contributed by atoms with Gasteiger partial charge in [-0.2, -0.15) is 0 Å². The van der Waals surface area contributed by atoms with Crippen LogP contribution < -0.4 is 5.32 Å². The minimum atomic E-state index is -1.32. The first-order valence-electron chi connectivity index (χ1n) is 5.05. The lowest BCUT2D eigenvalue weighted by molar-refractivity contribution is 0.0651. The van der Waals surface area contributed by atoms with Gasteiger partial charge in [-0.05, 0) is 28.1 Å². The van der Waals surface area contributed by atoms with Crippen molar-refractivity contribution in [3.05, 3.63) is 44.2 Å². The second-order valence-corrected chi connectivity index (χ2v) is 5.17. The maximum Gasteiger partial charge on any atom is 0.374 e. The number of nitrogens with zero attached hydrogens (tertiary/aromatic N) is 1. The Morgan fingerprint density at radius 2 is 2.00 bits per heavy atom. The van der Waals surface area contributed by atoms with Crippen molar-refractivity contribution in [3.8, 4) is 0 Å². The van der Waals surface area contributed by atoms with E-state index in [1.807, 2.05) is 0 Å². The molecule has 9 heteroatoms. The second-order valence-electron chi connectivity index (χ2n) is 3.56. The minimum Gasteiger partial charge on any atom is -0.475 e. The van der Waals surface area contributed by atoms with E-state index in [0.717, 1.165) is 6.07 Å². The van der Waals surface area contributed by atoms with Gasteiger partial charge in [-0.25, -0.2) is 4.79 Å². The maximum absolute atomic E-state index is 11.9. The van der Waals surface area contributed by atoms with E-state index in [-0.39, 0.29) is 21.4 Å².